The smallest absolute Gasteiger partial charge is 0.253 e. The zero-order valence-corrected chi connectivity index (χ0v) is 19.7. The van der Waals surface area contributed by atoms with Gasteiger partial charge in [-0.3, -0.25) is 4.79 Å². The lowest BCUT2D eigenvalue weighted by Crippen LogP contribution is -2.36. The van der Waals surface area contributed by atoms with Gasteiger partial charge >= 0.3 is 0 Å². The van der Waals surface area contributed by atoms with E-state index in [9.17, 15) is 4.79 Å². The van der Waals surface area contributed by atoms with Gasteiger partial charge in [-0.2, -0.15) is 0 Å². The standard InChI is InChI=1S/C26H29N5O4/c1-33-24-17-20(8-9-22(24)31-12-15-34-16-13-31)29-26-27-11-10-21(30-26)18-4-6-19(7-5-18)28-25(32)23-3-2-14-35-23/h4-11,17,23H,2-3,12-16H2,1H3,(H,28,32)(H,27,29,30)/t23-/m0/s1. The second-order valence-electron chi connectivity index (χ2n) is 8.44. The maximum atomic E-state index is 12.3. The van der Waals surface area contributed by atoms with E-state index < -0.39 is 0 Å². The Morgan fingerprint density at radius 2 is 1.86 bits per heavy atom. The van der Waals surface area contributed by atoms with Crippen LogP contribution < -0.4 is 20.3 Å². The highest BCUT2D eigenvalue weighted by atomic mass is 16.5. The number of hydrogen-bond donors (Lipinski definition) is 2. The number of ether oxygens (including phenoxy) is 3. The van der Waals surface area contributed by atoms with Crippen molar-refractivity contribution >= 4 is 28.9 Å². The van der Waals surface area contributed by atoms with Crippen LogP contribution >= 0.6 is 0 Å². The minimum Gasteiger partial charge on any atom is -0.495 e. The summed E-state index contributed by atoms with van der Waals surface area (Å²) in [5.74, 6) is 1.17. The Morgan fingerprint density at radius 3 is 2.60 bits per heavy atom. The molecule has 0 radical (unpaired) electrons. The Hall–Kier alpha value is -3.69. The predicted octanol–water partition coefficient (Wildman–Crippen LogP) is 3.85. The third-order valence-corrected chi connectivity index (χ3v) is 6.11. The van der Waals surface area contributed by atoms with Crippen LogP contribution in [0.15, 0.2) is 54.7 Å². The van der Waals surface area contributed by atoms with Crippen LogP contribution in [0, 0.1) is 0 Å². The second kappa shape index (κ2) is 10.7. The lowest BCUT2D eigenvalue weighted by atomic mass is 10.1. The van der Waals surface area contributed by atoms with Crippen LogP contribution in [0.4, 0.5) is 23.0 Å². The summed E-state index contributed by atoms with van der Waals surface area (Å²) in [6.07, 6.45) is 3.05. The van der Waals surface area contributed by atoms with Gasteiger partial charge in [-0.25, -0.2) is 9.97 Å². The van der Waals surface area contributed by atoms with Crippen LogP contribution in [-0.4, -0.2) is 62.0 Å². The molecule has 0 aliphatic carbocycles. The quantitative estimate of drug-likeness (QED) is 0.532. The van der Waals surface area contributed by atoms with Crippen LogP contribution in [0.25, 0.3) is 11.3 Å². The highest BCUT2D eigenvalue weighted by Crippen LogP contribution is 2.32. The molecule has 2 aliphatic heterocycles. The van der Waals surface area contributed by atoms with Gasteiger partial charge < -0.3 is 29.7 Å². The van der Waals surface area contributed by atoms with Crippen molar-refractivity contribution in [1.82, 2.24) is 9.97 Å². The minimum atomic E-state index is -0.355. The summed E-state index contributed by atoms with van der Waals surface area (Å²) in [7, 11) is 1.67. The van der Waals surface area contributed by atoms with Crippen molar-refractivity contribution < 1.29 is 19.0 Å². The van der Waals surface area contributed by atoms with Gasteiger partial charge in [-0.05, 0) is 43.2 Å². The molecular weight excluding hydrogens is 446 g/mol. The molecule has 0 spiro atoms. The molecule has 0 bridgehead atoms. The topological polar surface area (TPSA) is 97.8 Å². The van der Waals surface area contributed by atoms with Crippen molar-refractivity contribution in [1.29, 1.82) is 0 Å². The molecule has 2 saturated heterocycles. The molecule has 35 heavy (non-hydrogen) atoms. The van der Waals surface area contributed by atoms with E-state index in [0.29, 0.717) is 25.8 Å². The van der Waals surface area contributed by atoms with E-state index in [2.05, 4.69) is 25.5 Å². The highest BCUT2D eigenvalue weighted by Gasteiger charge is 2.23. The summed E-state index contributed by atoms with van der Waals surface area (Å²) in [6, 6.07) is 15.4. The predicted molar refractivity (Wildman–Crippen MR) is 134 cm³/mol. The number of nitrogens with zero attached hydrogens (tertiary/aromatic N) is 3. The first-order valence-corrected chi connectivity index (χ1v) is 11.8. The van der Waals surface area contributed by atoms with Crippen LogP contribution in [0.1, 0.15) is 12.8 Å². The summed E-state index contributed by atoms with van der Waals surface area (Å²) in [6.45, 7) is 3.75. The van der Waals surface area contributed by atoms with Crippen molar-refractivity contribution in [2.75, 3.05) is 55.6 Å². The molecule has 182 valence electrons. The monoisotopic (exact) mass is 475 g/mol. The fourth-order valence-corrected chi connectivity index (χ4v) is 4.26. The molecule has 1 amide bonds. The van der Waals surface area contributed by atoms with Crippen molar-refractivity contribution in [2.24, 2.45) is 0 Å². The third-order valence-electron chi connectivity index (χ3n) is 6.11. The average Bonchev–Trinajstić information content (AvgIpc) is 3.45. The van der Waals surface area contributed by atoms with E-state index in [1.54, 1.807) is 13.3 Å². The Labute approximate surface area is 204 Å². The Kier molecular flexibility index (Phi) is 7.06. The number of rotatable bonds is 7. The number of methoxy groups -OCH3 is 1. The second-order valence-corrected chi connectivity index (χ2v) is 8.44. The maximum Gasteiger partial charge on any atom is 0.253 e. The van der Waals surface area contributed by atoms with Gasteiger partial charge in [0.05, 0.1) is 31.7 Å². The van der Waals surface area contributed by atoms with Crippen LogP contribution in [0.5, 0.6) is 5.75 Å². The van der Waals surface area contributed by atoms with Crippen molar-refractivity contribution in [3.8, 4) is 17.0 Å². The number of carbonyl (C=O) groups excluding carboxylic acids is 1. The van der Waals surface area contributed by atoms with Gasteiger partial charge in [0, 0.05) is 48.9 Å². The Morgan fingerprint density at radius 1 is 1.06 bits per heavy atom. The first kappa shape index (κ1) is 23.1. The molecule has 9 heteroatoms. The molecular formula is C26H29N5O4. The molecule has 2 N–H and O–H groups in total. The summed E-state index contributed by atoms with van der Waals surface area (Å²) in [5, 5.41) is 6.19. The van der Waals surface area contributed by atoms with Crippen LogP contribution in [-0.2, 0) is 14.3 Å². The molecule has 1 atom stereocenters. The maximum absolute atomic E-state index is 12.3. The van der Waals surface area contributed by atoms with E-state index in [1.807, 2.05) is 48.5 Å². The van der Waals surface area contributed by atoms with Crippen molar-refractivity contribution in [2.45, 2.75) is 18.9 Å². The molecule has 0 unspecified atom stereocenters. The van der Waals surface area contributed by atoms with E-state index in [0.717, 1.165) is 60.0 Å². The lowest BCUT2D eigenvalue weighted by Gasteiger charge is -2.30. The molecule has 5 rings (SSSR count). The molecule has 9 nitrogen and oxygen atoms in total. The molecule has 1 aromatic heterocycles. The lowest BCUT2D eigenvalue weighted by molar-refractivity contribution is -0.124. The largest absolute Gasteiger partial charge is 0.495 e. The molecule has 2 aromatic carbocycles. The number of amides is 1. The van der Waals surface area contributed by atoms with Gasteiger partial charge in [-0.1, -0.05) is 12.1 Å². The number of benzene rings is 2. The Bertz CT molecular complexity index is 1160. The molecule has 0 saturated carbocycles. The Balaban J connectivity index is 1.27. The first-order valence-electron chi connectivity index (χ1n) is 11.8. The summed E-state index contributed by atoms with van der Waals surface area (Å²) in [5.41, 5.74) is 4.31. The molecule has 3 heterocycles. The van der Waals surface area contributed by atoms with Gasteiger partial charge in [0.1, 0.15) is 11.9 Å². The third kappa shape index (κ3) is 5.52. The van der Waals surface area contributed by atoms with E-state index in [-0.39, 0.29) is 12.0 Å². The van der Waals surface area contributed by atoms with Gasteiger partial charge in [0.25, 0.3) is 5.91 Å². The van der Waals surface area contributed by atoms with Crippen molar-refractivity contribution in [3.63, 3.8) is 0 Å². The first-order chi connectivity index (χ1) is 17.2. The zero-order chi connectivity index (χ0) is 24.0. The molecule has 3 aromatic rings. The summed E-state index contributed by atoms with van der Waals surface area (Å²) < 4.78 is 16.5. The number of morpholine rings is 1. The fourth-order valence-electron chi connectivity index (χ4n) is 4.26. The summed E-state index contributed by atoms with van der Waals surface area (Å²) >= 11 is 0. The minimum absolute atomic E-state index is 0.0983. The number of hydrogen-bond acceptors (Lipinski definition) is 8. The van der Waals surface area contributed by atoms with Crippen molar-refractivity contribution in [3.05, 3.63) is 54.7 Å². The van der Waals surface area contributed by atoms with Gasteiger partial charge in [-0.15, -0.1) is 0 Å². The van der Waals surface area contributed by atoms with Crippen LogP contribution in [0.3, 0.4) is 0 Å². The highest BCUT2D eigenvalue weighted by molar-refractivity contribution is 5.94. The number of aromatic nitrogens is 2. The molecule has 2 aliphatic rings. The van der Waals surface area contributed by atoms with Crippen LogP contribution in [0.2, 0.25) is 0 Å². The fraction of sp³-hybridized carbons (Fsp3) is 0.346. The SMILES string of the molecule is COc1cc(Nc2nccc(-c3ccc(NC(=O)[C@@H]4CCCO4)cc3)n2)ccc1N1CCOCC1. The summed E-state index contributed by atoms with van der Waals surface area (Å²) in [4.78, 5) is 23.6. The zero-order valence-electron chi connectivity index (χ0n) is 19.7. The van der Waals surface area contributed by atoms with Gasteiger partial charge in [0.15, 0.2) is 0 Å². The number of anilines is 4. The van der Waals surface area contributed by atoms with Gasteiger partial charge in [0.2, 0.25) is 5.95 Å². The van der Waals surface area contributed by atoms with E-state index in [4.69, 9.17) is 14.2 Å². The average molecular weight is 476 g/mol. The number of carbonyl (C=O) groups is 1. The van der Waals surface area contributed by atoms with E-state index in [1.165, 1.54) is 0 Å². The normalized spacial score (nSPS) is 17.7. The number of nitrogens with one attached hydrogen (secondary N) is 2. The van der Waals surface area contributed by atoms with E-state index >= 15 is 0 Å². The molecule has 2 fully saturated rings.